The quantitative estimate of drug-likeness (QED) is 0.683. The highest BCUT2D eigenvalue weighted by Gasteiger charge is 2.37. The average molecular weight is 305 g/mol. The van der Waals surface area contributed by atoms with Crippen LogP contribution in [0.4, 0.5) is 5.82 Å². The molecule has 0 bridgehead atoms. The summed E-state index contributed by atoms with van der Waals surface area (Å²) in [6.07, 6.45) is 1.74. The Kier molecular flexibility index (Phi) is 3.26. The van der Waals surface area contributed by atoms with Gasteiger partial charge >= 0.3 is 0 Å². The van der Waals surface area contributed by atoms with Crippen LogP contribution in [0.2, 0.25) is 0 Å². The number of hydrogen-bond acceptors (Lipinski definition) is 8. The van der Waals surface area contributed by atoms with E-state index in [1.54, 1.807) is 0 Å². The Morgan fingerprint density at radius 2 is 2.41 bits per heavy atom. The average Bonchev–Trinajstić information content (AvgIpc) is 3.14. The number of hydrogen-bond donors (Lipinski definition) is 3. The van der Waals surface area contributed by atoms with E-state index < -0.39 is 5.72 Å². The van der Waals surface area contributed by atoms with Crippen molar-refractivity contribution in [3.05, 3.63) is 18.0 Å². The lowest BCUT2D eigenvalue weighted by Crippen LogP contribution is -2.54. The number of oxazole rings is 1. The van der Waals surface area contributed by atoms with Crippen LogP contribution in [-0.4, -0.2) is 54.0 Å². The minimum absolute atomic E-state index is 0.346. The maximum Gasteiger partial charge on any atom is 0.200 e. The first kappa shape index (κ1) is 13.9. The van der Waals surface area contributed by atoms with E-state index in [0.717, 1.165) is 18.7 Å². The molecule has 0 aromatic carbocycles. The van der Waals surface area contributed by atoms with E-state index in [-0.39, 0.29) is 6.10 Å². The highest BCUT2D eigenvalue weighted by Crippen LogP contribution is 2.33. The molecule has 0 aliphatic carbocycles. The molecule has 22 heavy (non-hydrogen) atoms. The molecule has 8 nitrogen and oxygen atoms in total. The highest BCUT2D eigenvalue weighted by molar-refractivity contribution is 5.73. The zero-order valence-corrected chi connectivity index (χ0v) is 12.2. The SMILES string of the molecule is NC1(c2cc3ocnc3nc2N2CC[C@@H](O)C2)CNCCO1. The van der Waals surface area contributed by atoms with Crippen LogP contribution >= 0.6 is 0 Å². The summed E-state index contributed by atoms with van der Waals surface area (Å²) in [5, 5.41) is 13.1. The normalized spacial score (nSPS) is 29.4. The van der Waals surface area contributed by atoms with Gasteiger partial charge in [-0.05, 0) is 12.5 Å². The largest absolute Gasteiger partial charge is 0.442 e. The van der Waals surface area contributed by atoms with Gasteiger partial charge in [-0.15, -0.1) is 0 Å². The van der Waals surface area contributed by atoms with Crippen LogP contribution in [0.5, 0.6) is 0 Å². The molecule has 118 valence electrons. The summed E-state index contributed by atoms with van der Waals surface area (Å²) in [7, 11) is 0. The molecule has 4 heterocycles. The van der Waals surface area contributed by atoms with Crippen LogP contribution in [-0.2, 0) is 10.5 Å². The van der Waals surface area contributed by atoms with Gasteiger partial charge in [0.25, 0.3) is 0 Å². The van der Waals surface area contributed by atoms with E-state index in [0.29, 0.717) is 43.2 Å². The second-order valence-corrected chi connectivity index (χ2v) is 5.84. The number of nitrogens with one attached hydrogen (secondary N) is 1. The molecule has 1 unspecified atom stereocenters. The van der Waals surface area contributed by atoms with Gasteiger partial charge in [-0.3, -0.25) is 5.73 Å². The number of fused-ring (bicyclic) bond motifs is 1. The molecule has 0 spiro atoms. The monoisotopic (exact) mass is 305 g/mol. The van der Waals surface area contributed by atoms with Gasteiger partial charge in [-0.1, -0.05) is 0 Å². The Morgan fingerprint density at radius 1 is 1.50 bits per heavy atom. The standard InChI is InChI=1S/C14H19N5O3/c15-14(7-16-2-4-22-14)10-5-11-12(17-8-21-11)18-13(10)19-3-1-9(20)6-19/h5,8-9,16,20H,1-4,6-7,15H2/t9-,14?/m1/s1. The molecule has 8 heteroatoms. The van der Waals surface area contributed by atoms with Crippen LogP contribution in [0.15, 0.2) is 16.9 Å². The van der Waals surface area contributed by atoms with Gasteiger partial charge in [0.2, 0.25) is 5.65 Å². The van der Waals surface area contributed by atoms with Crippen LogP contribution in [0.1, 0.15) is 12.0 Å². The van der Waals surface area contributed by atoms with Gasteiger partial charge in [-0.25, -0.2) is 4.98 Å². The number of pyridine rings is 1. The van der Waals surface area contributed by atoms with Crippen molar-refractivity contribution in [1.29, 1.82) is 0 Å². The number of morpholine rings is 1. The van der Waals surface area contributed by atoms with Crippen molar-refractivity contribution in [2.45, 2.75) is 18.2 Å². The number of anilines is 1. The van der Waals surface area contributed by atoms with Crippen molar-refractivity contribution in [3.8, 4) is 0 Å². The highest BCUT2D eigenvalue weighted by atomic mass is 16.5. The number of nitrogens with two attached hydrogens (primary N) is 1. The summed E-state index contributed by atoms with van der Waals surface area (Å²) in [4.78, 5) is 10.7. The molecule has 2 aliphatic heterocycles. The summed E-state index contributed by atoms with van der Waals surface area (Å²) in [5.74, 6) is 0.712. The van der Waals surface area contributed by atoms with Gasteiger partial charge < -0.3 is 24.5 Å². The number of aliphatic hydroxyl groups is 1. The number of nitrogens with zero attached hydrogens (tertiary/aromatic N) is 3. The van der Waals surface area contributed by atoms with Gasteiger partial charge in [0.05, 0.1) is 12.7 Å². The molecule has 2 aromatic heterocycles. The van der Waals surface area contributed by atoms with E-state index in [1.165, 1.54) is 6.39 Å². The Balaban J connectivity index is 1.83. The second kappa shape index (κ2) is 5.17. The lowest BCUT2D eigenvalue weighted by atomic mass is 10.0. The summed E-state index contributed by atoms with van der Waals surface area (Å²) >= 11 is 0. The number of rotatable bonds is 2. The van der Waals surface area contributed by atoms with E-state index in [9.17, 15) is 5.11 Å². The molecular formula is C14H19N5O3. The van der Waals surface area contributed by atoms with E-state index in [4.69, 9.17) is 14.9 Å². The lowest BCUT2D eigenvalue weighted by molar-refractivity contribution is -0.0665. The van der Waals surface area contributed by atoms with Crippen LogP contribution in [0.25, 0.3) is 11.2 Å². The van der Waals surface area contributed by atoms with E-state index >= 15 is 0 Å². The van der Waals surface area contributed by atoms with Gasteiger partial charge in [0.15, 0.2) is 17.7 Å². The van der Waals surface area contributed by atoms with Crippen molar-refractivity contribution < 1.29 is 14.3 Å². The zero-order chi connectivity index (χ0) is 15.2. The number of ether oxygens (including phenoxy) is 1. The third-order valence-electron chi connectivity index (χ3n) is 4.25. The van der Waals surface area contributed by atoms with Crippen LogP contribution < -0.4 is 16.0 Å². The predicted molar refractivity (Wildman–Crippen MR) is 79.3 cm³/mol. The van der Waals surface area contributed by atoms with Gasteiger partial charge in [-0.2, -0.15) is 4.98 Å². The topological polar surface area (TPSA) is 110 Å². The zero-order valence-electron chi connectivity index (χ0n) is 12.2. The van der Waals surface area contributed by atoms with Crippen molar-refractivity contribution >= 4 is 17.0 Å². The van der Waals surface area contributed by atoms with Gasteiger partial charge in [0.1, 0.15) is 5.82 Å². The fraction of sp³-hybridized carbons (Fsp3) is 0.571. The van der Waals surface area contributed by atoms with Gasteiger partial charge in [0, 0.05) is 31.7 Å². The molecular weight excluding hydrogens is 286 g/mol. The van der Waals surface area contributed by atoms with Crippen LogP contribution in [0, 0.1) is 0 Å². The predicted octanol–water partition coefficient (Wildman–Crippen LogP) is -0.475. The fourth-order valence-corrected chi connectivity index (χ4v) is 3.08. The Morgan fingerprint density at radius 3 is 3.14 bits per heavy atom. The lowest BCUT2D eigenvalue weighted by Gasteiger charge is -2.36. The second-order valence-electron chi connectivity index (χ2n) is 5.84. The minimum Gasteiger partial charge on any atom is -0.442 e. The molecule has 4 N–H and O–H groups in total. The fourth-order valence-electron chi connectivity index (χ4n) is 3.08. The molecule has 2 saturated heterocycles. The molecule has 2 atom stereocenters. The minimum atomic E-state index is -0.963. The first-order valence-corrected chi connectivity index (χ1v) is 7.47. The Labute approximate surface area is 127 Å². The van der Waals surface area contributed by atoms with E-state index in [1.807, 2.05) is 11.0 Å². The Bertz CT molecular complexity index is 682. The van der Waals surface area contributed by atoms with Crippen molar-refractivity contribution in [2.24, 2.45) is 5.73 Å². The molecule has 0 radical (unpaired) electrons. The third-order valence-corrected chi connectivity index (χ3v) is 4.25. The molecule has 4 rings (SSSR count). The van der Waals surface area contributed by atoms with Crippen molar-refractivity contribution in [1.82, 2.24) is 15.3 Å². The summed E-state index contributed by atoms with van der Waals surface area (Å²) < 4.78 is 11.2. The van der Waals surface area contributed by atoms with Crippen LogP contribution in [0.3, 0.4) is 0 Å². The third kappa shape index (κ3) is 2.24. The van der Waals surface area contributed by atoms with Crippen molar-refractivity contribution in [3.63, 3.8) is 0 Å². The number of β-amino-alcohol motifs (C(OH)–C–C–N with tert-alkyl or cyclic N) is 1. The summed E-state index contributed by atoms with van der Waals surface area (Å²) in [6, 6.07) is 1.85. The Hall–Kier alpha value is -1.74. The first-order chi connectivity index (χ1) is 10.7. The molecule has 0 amide bonds. The summed E-state index contributed by atoms with van der Waals surface area (Å²) in [6.45, 7) is 3.07. The molecule has 2 aliphatic rings. The van der Waals surface area contributed by atoms with Crippen molar-refractivity contribution in [2.75, 3.05) is 37.7 Å². The maximum atomic E-state index is 9.82. The first-order valence-electron chi connectivity index (χ1n) is 7.47. The smallest absolute Gasteiger partial charge is 0.200 e. The molecule has 2 fully saturated rings. The molecule has 2 aromatic rings. The molecule has 0 saturated carbocycles. The number of aromatic nitrogens is 2. The number of aliphatic hydroxyl groups excluding tert-OH is 1. The van der Waals surface area contributed by atoms with E-state index in [2.05, 4.69) is 15.3 Å². The maximum absolute atomic E-state index is 9.82. The summed E-state index contributed by atoms with van der Waals surface area (Å²) in [5.41, 5.74) is 7.38.